The molecule has 2 heterocycles. The van der Waals surface area contributed by atoms with E-state index in [9.17, 15) is 10.1 Å². The number of para-hydroxylation sites is 2. The third-order valence-electron chi connectivity index (χ3n) is 4.38. The Labute approximate surface area is 146 Å². The van der Waals surface area contributed by atoms with Gasteiger partial charge in [-0.3, -0.25) is 9.20 Å². The van der Waals surface area contributed by atoms with E-state index in [1.165, 1.54) is 0 Å². The highest BCUT2D eigenvalue weighted by atomic mass is 16.2. The number of rotatable bonds is 4. The number of nitrogens with zero attached hydrogens (tertiary/aromatic N) is 3. The van der Waals surface area contributed by atoms with Crippen LogP contribution in [-0.4, -0.2) is 28.4 Å². The molecule has 0 aliphatic rings. The Morgan fingerprint density at radius 1 is 1.32 bits per heavy atom. The standard InChI is InChI=1S/C19H21N5O/c1-11(2)17(19(25)21-4)23-16-9-12(3)13(10-20)18-22-14-7-5-6-8-15(14)24(16)18/h5-9,11,17,23H,1-4H3,(H,21,25). The van der Waals surface area contributed by atoms with Gasteiger partial charge in [0, 0.05) is 7.05 Å². The van der Waals surface area contributed by atoms with Gasteiger partial charge in [0.2, 0.25) is 5.91 Å². The zero-order valence-electron chi connectivity index (χ0n) is 14.8. The predicted octanol–water partition coefficient (Wildman–Crippen LogP) is 2.85. The van der Waals surface area contributed by atoms with Gasteiger partial charge in [-0.15, -0.1) is 0 Å². The van der Waals surface area contributed by atoms with Crippen LogP contribution < -0.4 is 10.6 Å². The van der Waals surface area contributed by atoms with Crippen LogP contribution in [0.4, 0.5) is 5.82 Å². The lowest BCUT2D eigenvalue weighted by Gasteiger charge is -2.23. The Bertz CT molecular complexity index is 996. The molecule has 0 spiro atoms. The molecule has 25 heavy (non-hydrogen) atoms. The molecule has 0 bridgehead atoms. The largest absolute Gasteiger partial charge is 0.359 e. The van der Waals surface area contributed by atoms with E-state index in [0.717, 1.165) is 22.4 Å². The van der Waals surface area contributed by atoms with Gasteiger partial charge in [0.25, 0.3) is 0 Å². The quantitative estimate of drug-likeness (QED) is 0.768. The molecule has 128 valence electrons. The number of carbonyl (C=O) groups is 1. The van der Waals surface area contributed by atoms with Crippen LogP contribution in [0.1, 0.15) is 25.0 Å². The van der Waals surface area contributed by atoms with Gasteiger partial charge in [0.1, 0.15) is 17.9 Å². The third kappa shape index (κ3) is 2.78. The highest BCUT2D eigenvalue weighted by molar-refractivity contribution is 5.87. The van der Waals surface area contributed by atoms with Gasteiger partial charge in [-0.05, 0) is 36.6 Å². The molecule has 1 unspecified atom stereocenters. The molecule has 0 radical (unpaired) electrons. The summed E-state index contributed by atoms with van der Waals surface area (Å²) in [6.45, 7) is 5.87. The van der Waals surface area contributed by atoms with Crippen molar-refractivity contribution in [2.24, 2.45) is 5.92 Å². The lowest BCUT2D eigenvalue weighted by atomic mass is 10.0. The number of pyridine rings is 1. The van der Waals surface area contributed by atoms with Crippen molar-refractivity contribution in [1.29, 1.82) is 5.26 Å². The molecular formula is C19H21N5O. The van der Waals surface area contributed by atoms with E-state index in [-0.39, 0.29) is 17.9 Å². The molecule has 2 aromatic heterocycles. The van der Waals surface area contributed by atoms with Gasteiger partial charge in [-0.1, -0.05) is 26.0 Å². The second-order valence-corrected chi connectivity index (χ2v) is 6.44. The molecule has 0 aliphatic heterocycles. The van der Waals surface area contributed by atoms with Crippen LogP contribution in [0.5, 0.6) is 0 Å². The summed E-state index contributed by atoms with van der Waals surface area (Å²) >= 11 is 0. The summed E-state index contributed by atoms with van der Waals surface area (Å²) in [4.78, 5) is 16.9. The Morgan fingerprint density at radius 3 is 2.68 bits per heavy atom. The normalized spacial score (nSPS) is 12.3. The number of fused-ring (bicyclic) bond motifs is 3. The fourth-order valence-corrected chi connectivity index (χ4v) is 3.05. The molecular weight excluding hydrogens is 314 g/mol. The van der Waals surface area contributed by atoms with E-state index in [2.05, 4.69) is 21.7 Å². The summed E-state index contributed by atoms with van der Waals surface area (Å²) in [5.74, 6) is 0.776. The zero-order chi connectivity index (χ0) is 18.1. The molecule has 6 heteroatoms. The second-order valence-electron chi connectivity index (χ2n) is 6.44. The van der Waals surface area contributed by atoms with Crippen LogP contribution in [-0.2, 0) is 4.79 Å². The minimum Gasteiger partial charge on any atom is -0.359 e. The molecule has 0 aliphatic carbocycles. The first-order valence-corrected chi connectivity index (χ1v) is 8.27. The molecule has 0 saturated heterocycles. The first-order chi connectivity index (χ1) is 12.0. The van der Waals surface area contributed by atoms with Crippen molar-refractivity contribution in [2.75, 3.05) is 12.4 Å². The number of likely N-dealkylation sites (N-methyl/N-ethyl adjacent to an activating group) is 1. The fourth-order valence-electron chi connectivity index (χ4n) is 3.05. The van der Waals surface area contributed by atoms with Crippen LogP contribution in [0.15, 0.2) is 30.3 Å². The topological polar surface area (TPSA) is 82.2 Å². The first-order valence-electron chi connectivity index (χ1n) is 8.27. The van der Waals surface area contributed by atoms with Crippen molar-refractivity contribution < 1.29 is 4.79 Å². The van der Waals surface area contributed by atoms with Crippen LogP contribution >= 0.6 is 0 Å². The molecule has 0 saturated carbocycles. The molecule has 1 atom stereocenters. The van der Waals surface area contributed by atoms with Gasteiger partial charge in [0.15, 0.2) is 5.65 Å². The van der Waals surface area contributed by atoms with E-state index in [1.54, 1.807) is 7.05 Å². The summed E-state index contributed by atoms with van der Waals surface area (Å²) in [7, 11) is 1.63. The SMILES string of the molecule is CNC(=O)C(Nc1cc(C)c(C#N)c2nc3ccccc3n12)C(C)C. The number of hydrogen-bond donors (Lipinski definition) is 2. The maximum atomic E-state index is 12.3. The van der Waals surface area contributed by atoms with Crippen LogP contribution in [0.2, 0.25) is 0 Å². The molecule has 3 aromatic rings. The molecule has 0 fully saturated rings. The molecule has 2 N–H and O–H groups in total. The number of aromatic nitrogens is 2. The van der Waals surface area contributed by atoms with Crippen molar-refractivity contribution in [3.05, 3.63) is 41.5 Å². The number of aryl methyl sites for hydroxylation is 1. The van der Waals surface area contributed by atoms with Crippen molar-refractivity contribution in [3.8, 4) is 6.07 Å². The van der Waals surface area contributed by atoms with Crippen LogP contribution in [0.3, 0.4) is 0 Å². The maximum absolute atomic E-state index is 12.3. The highest BCUT2D eigenvalue weighted by Gasteiger charge is 2.23. The zero-order valence-corrected chi connectivity index (χ0v) is 14.8. The lowest BCUT2D eigenvalue weighted by molar-refractivity contribution is -0.122. The van der Waals surface area contributed by atoms with Crippen LogP contribution in [0, 0.1) is 24.2 Å². The molecule has 1 aromatic carbocycles. The van der Waals surface area contributed by atoms with Gasteiger partial charge in [-0.2, -0.15) is 5.26 Å². The minimum atomic E-state index is -0.387. The summed E-state index contributed by atoms with van der Waals surface area (Å²) in [5, 5.41) is 15.6. The number of imidazole rings is 1. The van der Waals surface area contributed by atoms with Crippen molar-refractivity contribution >= 4 is 28.4 Å². The number of amides is 1. The smallest absolute Gasteiger partial charge is 0.242 e. The molecule has 3 rings (SSSR count). The number of anilines is 1. The Morgan fingerprint density at radius 2 is 2.04 bits per heavy atom. The average Bonchev–Trinajstić information content (AvgIpc) is 2.98. The molecule has 6 nitrogen and oxygen atoms in total. The van der Waals surface area contributed by atoms with Crippen LogP contribution in [0.25, 0.3) is 16.7 Å². The van der Waals surface area contributed by atoms with Gasteiger partial charge >= 0.3 is 0 Å². The monoisotopic (exact) mass is 335 g/mol. The number of nitrogens with one attached hydrogen (secondary N) is 2. The predicted molar refractivity (Wildman–Crippen MR) is 98.5 cm³/mol. The van der Waals surface area contributed by atoms with E-state index in [0.29, 0.717) is 11.2 Å². The summed E-state index contributed by atoms with van der Waals surface area (Å²) in [6, 6.07) is 11.5. The first kappa shape index (κ1) is 16.8. The van der Waals surface area contributed by atoms with E-state index >= 15 is 0 Å². The van der Waals surface area contributed by atoms with Gasteiger partial charge in [0.05, 0.1) is 16.6 Å². The second kappa shape index (κ2) is 6.44. The Hall–Kier alpha value is -3.07. The Kier molecular flexibility index (Phi) is 4.32. The summed E-state index contributed by atoms with van der Waals surface area (Å²) in [5.41, 5.74) is 3.69. The molecule has 1 amide bonds. The van der Waals surface area contributed by atoms with E-state index in [4.69, 9.17) is 0 Å². The van der Waals surface area contributed by atoms with Gasteiger partial charge < -0.3 is 10.6 Å². The average molecular weight is 335 g/mol. The summed E-state index contributed by atoms with van der Waals surface area (Å²) in [6.07, 6.45) is 0. The van der Waals surface area contributed by atoms with E-state index in [1.807, 2.05) is 55.5 Å². The fraction of sp³-hybridized carbons (Fsp3) is 0.316. The van der Waals surface area contributed by atoms with E-state index < -0.39 is 0 Å². The minimum absolute atomic E-state index is 0.0745. The number of hydrogen-bond acceptors (Lipinski definition) is 4. The highest BCUT2D eigenvalue weighted by Crippen LogP contribution is 2.27. The lowest BCUT2D eigenvalue weighted by Crippen LogP contribution is -2.41. The Balaban J connectivity index is 2.28. The number of nitriles is 1. The number of carbonyl (C=O) groups excluding carboxylic acids is 1. The van der Waals surface area contributed by atoms with Crippen molar-refractivity contribution in [3.63, 3.8) is 0 Å². The number of benzene rings is 1. The third-order valence-corrected chi connectivity index (χ3v) is 4.38. The van der Waals surface area contributed by atoms with Crippen molar-refractivity contribution in [1.82, 2.24) is 14.7 Å². The van der Waals surface area contributed by atoms with Crippen molar-refractivity contribution in [2.45, 2.75) is 26.8 Å². The van der Waals surface area contributed by atoms with Gasteiger partial charge in [-0.25, -0.2) is 4.98 Å². The summed E-state index contributed by atoms with van der Waals surface area (Å²) < 4.78 is 1.92. The maximum Gasteiger partial charge on any atom is 0.242 e.